The van der Waals surface area contributed by atoms with E-state index in [0.29, 0.717) is 53.3 Å². The molecule has 97 heavy (non-hydrogen) atoms. The number of H-pyrrole nitrogens is 4. The van der Waals surface area contributed by atoms with Gasteiger partial charge in [0.15, 0.2) is 5.95 Å². The third kappa shape index (κ3) is 18.7. The van der Waals surface area contributed by atoms with Gasteiger partial charge in [0.25, 0.3) is 0 Å². The largest absolute Gasteiger partial charge is 0.464 e. The predicted octanol–water partition coefficient (Wildman–Crippen LogP) is 22.8. The fourth-order valence-electron chi connectivity index (χ4n) is 12.6. The van der Waals surface area contributed by atoms with Crippen LogP contribution in [-0.2, 0) is 19.3 Å². The fraction of sp³-hybridized carbons (Fsp3) is 0.353. The highest BCUT2D eigenvalue weighted by molar-refractivity contribution is 5.84. The van der Waals surface area contributed by atoms with Crippen molar-refractivity contribution in [3.63, 3.8) is 0 Å². The van der Waals surface area contributed by atoms with Crippen LogP contribution in [0.15, 0.2) is 187 Å². The van der Waals surface area contributed by atoms with Gasteiger partial charge in [-0.25, -0.2) is 4.98 Å². The minimum absolute atomic E-state index is 0.478. The van der Waals surface area contributed by atoms with Gasteiger partial charge < -0.3 is 46.0 Å². The highest BCUT2D eigenvalue weighted by Gasteiger charge is 2.18. The quantitative estimate of drug-likeness (QED) is 0.0741. The molecule has 0 bridgehead atoms. The molecular formula is C85H107N11O. The van der Waals surface area contributed by atoms with Gasteiger partial charge in [-0.3, -0.25) is 9.97 Å². The molecule has 0 saturated heterocycles. The number of para-hydroxylation sites is 3. The Morgan fingerprint density at radius 1 is 0.402 bits per heavy atom. The number of fused-ring (bicyclic) bond motifs is 8. The topological polar surface area (TPSA) is 177 Å². The van der Waals surface area contributed by atoms with E-state index in [4.69, 9.17) is 10.2 Å². The van der Waals surface area contributed by atoms with Gasteiger partial charge >= 0.3 is 0 Å². The molecule has 12 nitrogen and oxygen atoms in total. The molecule has 9 N–H and O–H groups in total. The van der Waals surface area contributed by atoms with Crippen molar-refractivity contribution in [3.8, 4) is 0 Å². The van der Waals surface area contributed by atoms with Crippen LogP contribution in [0.2, 0.25) is 0 Å². The zero-order valence-electron chi connectivity index (χ0n) is 60.5. The smallest absolute Gasteiger partial charge is 0.198 e. The highest BCUT2D eigenvalue weighted by Crippen LogP contribution is 2.33. The van der Waals surface area contributed by atoms with Crippen LogP contribution in [0.25, 0.3) is 54.8 Å². The lowest BCUT2D eigenvalue weighted by Crippen LogP contribution is -1.97. The standard InChI is InChI=1S/C11H15N.C11H13N.C11H15N.C11H13N.C11H12O.C10H13N3.C10H14N2.C10H12N2/c2*1-8(2)9-3-4-11-10(7-9)5-6-12-11;2*1-8(2)10-5-3-4-9-6-7-12-11(9)10;1-8(2)9-3-4-11-10(7-9)5-6-12-11;1-6(2)7-4-3-5-8-9(7)13-10(11)12-8;2*1-7(2)8-3-5-11-9-4-6-12-10(8)9/h3-4,7-8,12H,5-6H2,1-2H3;3-8,12H,1-2H3;3-5,8,12H,6-7H2,1-2H3;3-8,12H,1-2H3;3-8H,1-2H3;3-6H,1-2H3,(H3,11,12,13);3,5,7,12H,4,6H2,1-2H3;3-7,12H,1-2H3. The molecule has 13 aromatic rings. The van der Waals surface area contributed by atoms with E-state index in [2.05, 4.69) is 277 Å². The van der Waals surface area contributed by atoms with Crippen LogP contribution in [0.3, 0.4) is 0 Å². The monoisotopic (exact) mass is 1300 g/mol. The lowest BCUT2D eigenvalue weighted by atomic mass is 9.98. The Labute approximate surface area is 576 Å². The first-order valence-corrected chi connectivity index (χ1v) is 35.4. The lowest BCUT2D eigenvalue weighted by molar-refractivity contribution is 0.615. The number of nitrogens with one attached hydrogen (secondary N) is 7. The second-order valence-corrected chi connectivity index (χ2v) is 28.1. The molecule has 7 aromatic heterocycles. The summed E-state index contributed by atoms with van der Waals surface area (Å²) in [6.07, 6.45) is 14.9. The van der Waals surface area contributed by atoms with Crippen LogP contribution < -0.4 is 21.7 Å². The van der Waals surface area contributed by atoms with Crippen molar-refractivity contribution in [2.75, 3.05) is 41.3 Å². The minimum Gasteiger partial charge on any atom is -0.464 e. The lowest BCUT2D eigenvalue weighted by Gasteiger charge is -2.11. The SMILES string of the molecule is CC(C)c1ccc2[nH]ccc2c1.CC(C)c1ccc2c(c1)CCN2.CC(C)c1ccc2occc2c1.CC(C)c1cccc2[nH]c(N)nc12.CC(C)c1cccc2c1NCC2.CC(C)c1cccc2cc[nH]c12.CC(C)c1ccnc2c1NCC2.CC(C)c1ccnc2cc[nH]c12. The Balaban J connectivity index is 0.000000130. The number of hydrogen-bond acceptors (Lipinski definition) is 8. The molecule has 0 radical (unpaired) electrons. The van der Waals surface area contributed by atoms with Crippen LogP contribution in [0.4, 0.5) is 23.0 Å². The summed E-state index contributed by atoms with van der Waals surface area (Å²) in [6.45, 7) is 38.6. The van der Waals surface area contributed by atoms with Crippen LogP contribution in [0.5, 0.6) is 0 Å². The molecular weight excluding hydrogens is 1190 g/mol. The first-order chi connectivity index (χ1) is 46.6. The molecule has 0 saturated carbocycles. The van der Waals surface area contributed by atoms with Crippen LogP contribution in [-0.4, -0.2) is 54.5 Å². The number of anilines is 4. The number of imidazole rings is 1. The van der Waals surface area contributed by atoms with Crippen molar-refractivity contribution in [1.29, 1.82) is 0 Å². The van der Waals surface area contributed by atoms with Crippen LogP contribution >= 0.6 is 0 Å². The fourth-order valence-corrected chi connectivity index (χ4v) is 12.6. The third-order valence-electron chi connectivity index (χ3n) is 18.3. The Morgan fingerprint density at radius 3 is 1.68 bits per heavy atom. The Kier molecular flexibility index (Phi) is 25.1. The van der Waals surface area contributed by atoms with Crippen molar-refractivity contribution in [1.82, 2.24) is 34.9 Å². The van der Waals surface area contributed by atoms with Crippen molar-refractivity contribution in [3.05, 3.63) is 244 Å². The molecule has 0 atom stereocenters. The minimum atomic E-state index is 0.478. The van der Waals surface area contributed by atoms with Gasteiger partial charge in [0.05, 0.1) is 39.7 Å². The number of benzene rings is 6. The molecule has 10 heterocycles. The van der Waals surface area contributed by atoms with Gasteiger partial charge in [0, 0.05) is 84.8 Å². The van der Waals surface area contributed by atoms with Crippen molar-refractivity contribution >= 4 is 77.9 Å². The number of rotatable bonds is 8. The first-order valence-electron chi connectivity index (χ1n) is 35.4. The summed E-state index contributed by atoms with van der Waals surface area (Å²) in [5.74, 6) is 5.18. The maximum absolute atomic E-state index is 5.59. The van der Waals surface area contributed by atoms with Crippen molar-refractivity contribution in [2.45, 2.75) is 177 Å². The predicted molar refractivity (Wildman–Crippen MR) is 416 cm³/mol. The zero-order valence-corrected chi connectivity index (χ0v) is 60.5. The maximum atomic E-state index is 5.59. The van der Waals surface area contributed by atoms with E-state index in [1.54, 1.807) is 6.26 Å². The second-order valence-electron chi connectivity index (χ2n) is 28.1. The Bertz CT molecular complexity index is 4360. The summed E-state index contributed by atoms with van der Waals surface area (Å²) in [6, 6.07) is 51.2. The van der Waals surface area contributed by atoms with E-state index in [-0.39, 0.29) is 0 Å². The van der Waals surface area contributed by atoms with Crippen molar-refractivity contribution in [2.24, 2.45) is 0 Å². The summed E-state index contributed by atoms with van der Waals surface area (Å²) in [4.78, 5) is 25.5. The molecule has 3 aliphatic rings. The normalized spacial score (nSPS) is 12.5. The number of aromatic amines is 4. The summed E-state index contributed by atoms with van der Waals surface area (Å²) < 4.78 is 5.25. The summed E-state index contributed by atoms with van der Waals surface area (Å²) >= 11 is 0. The maximum Gasteiger partial charge on any atom is 0.198 e. The average molecular weight is 1300 g/mol. The molecule has 0 amide bonds. The third-order valence-corrected chi connectivity index (χ3v) is 18.3. The molecule has 0 spiro atoms. The molecule has 508 valence electrons. The van der Waals surface area contributed by atoms with E-state index >= 15 is 0 Å². The van der Waals surface area contributed by atoms with E-state index in [1.165, 1.54) is 124 Å². The molecule has 0 aliphatic carbocycles. The molecule has 0 fully saturated rings. The summed E-state index contributed by atoms with van der Waals surface area (Å²) in [5, 5.41) is 14.0. The molecule has 3 aliphatic heterocycles. The Morgan fingerprint density at radius 2 is 0.948 bits per heavy atom. The zero-order chi connectivity index (χ0) is 69.3. The summed E-state index contributed by atoms with van der Waals surface area (Å²) in [7, 11) is 0. The van der Waals surface area contributed by atoms with Crippen LogP contribution in [0, 0.1) is 0 Å². The number of nitrogens with two attached hydrogens (primary N) is 1. The molecule has 6 aromatic carbocycles. The molecule has 12 heteroatoms. The van der Waals surface area contributed by atoms with Gasteiger partial charge in [-0.2, -0.15) is 0 Å². The van der Waals surface area contributed by atoms with E-state index < -0.39 is 0 Å². The van der Waals surface area contributed by atoms with Crippen LogP contribution in [0.1, 0.15) is 219 Å². The highest BCUT2D eigenvalue weighted by atomic mass is 16.3. The number of nitrogens with zero attached hydrogens (tertiary/aromatic N) is 3. The number of furan rings is 1. The van der Waals surface area contributed by atoms with Gasteiger partial charge in [-0.15, -0.1) is 0 Å². The first kappa shape index (κ1) is 71.7. The van der Waals surface area contributed by atoms with Crippen molar-refractivity contribution < 1.29 is 4.42 Å². The number of pyridine rings is 2. The number of nitrogen functional groups attached to an aromatic ring is 1. The summed E-state index contributed by atoms with van der Waals surface area (Å²) in [5.41, 5.74) is 32.6. The number of hydrogen-bond donors (Lipinski definition) is 8. The van der Waals surface area contributed by atoms with E-state index in [0.717, 1.165) is 48.2 Å². The van der Waals surface area contributed by atoms with Gasteiger partial charge in [-0.05, 0) is 199 Å². The van der Waals surface area contributed by atoms with E-state index in [1.807, 2.05) is 61.3 Å². The molecule has 16 rings (SSSR count). The second kappa shape index (κ2) is 33.9. The van der Waals surface area contributed by atoms with Gasteiger partial charge in [-0.1, -0.05) is 184 Å². The molecule has 0 unspecified atom stereocenters. The van der Waals surface area contributed by atoms with Gasteiger partial charge in [0.2, 0.25) is 0 Å². The number of aromatic nitrogens is 7. The average Bonchev–Trinajstić information content (AvgIpc) is 1.88. The van der Waals surface area contributed by atoms with Gasteiger partial charge in [0.1, 0.15) is 5.58 Å². The Hall–Kier alpha value is -9.55. The van der Waals surface area contributed by atoms with E-state index in [9.17, 15) is 0 Å².